The molecule has 0 saturated heterocycles. The Labute approximate surface area is 67.1 Å². The summed E-state index contributed by atoms with van der Waals surface area (Å²) in [6.07, 6.45) is 2.76. The molecule has 0 bridgehead atoms. The molecule has 1 unspecified atom stereocenters. The van der Waals surface area contributed by atoms with Crippen molar-refractivity contribution in [2.24, 2.45) is 5.92 Å². The Bertz CT molecular complexity index is 216. The Morgan fingerprint density at radius 2 is 2.00 bits per heavy atom. The van der Waals surface area contributed by atoms with E-state index in [1.165, 1.54) is 5.56 Å². The predicted molar refractivity (Wildman–Crippen MR) is 45.0 cm³/mol. The second-order valence-electron chi connectivity index (χ2n) is 2.71. The zero-order valence-electron chi connectivity index (χ0n) is 6.58. The van der Waals surface area contributed by atoms with Gasteiger partial charge in [-0.2, -0.15) is 0 Å². The van der Waals surface area contributed by atoms with Crippen molar-refractivity contribution >= 4 is 6.29 Å². The Kier molecular flexibility index (Phi) is 2.84. The Morgan fingerprint density at radius 3 is 2.55 bits per heavy atom. The summed E-state index contributed by atoms with van der Waals surface area (Å²) in [6, 6.07) is 9.97. The van der Waals surface area contributed by atoms with Crippen molar-refractivity contribution < 1.29 is 4.79 Å². The number of hydrogen-bond acceptors (Lipinski definition) is 1. The first-order chi connectivity index (χ1) is 5.33. The van der Waals surface area contributed by atoms with E-state index in [1.807, 2.05) is 43.5 Å². The van der Waals surface area contributed by atoms with E-state index in [0.717, 1.165) is 6.42 Å². The van der Waals surface area contributed by atoms with Gasteiger partial charge in [0.25, 0.3) is 0 Å². The van der Waals surface area contributed by atoms with Gasteiger partial charge in [0, 0.05) is 0 Å². The molecule has 0 N–H and O–H groups in total. The van der Waals surface area contributed by atoms with Crippen LogP contribution in [0.4, 0.5) is 0 Å². The van der Waals surface area contributed by atoms with Crippen LogP contribution < -0.4 is 0 Å². The third-order valence-corrected chi connectivity index (χ3v) is 1.59. The van der Waals surface area contributed by atoms with Gasteiger partial charge < -0.3 is 4.79 Å². The summed E-state index contributed by atoms with van der Waals surface area (Å²) >= 11 is 0. The molecule has 1 aromatic carbocycles. The molecule has 1 rings (SSSR count). The fourth-order valence-corrected chi connectivity index (χ4v) is 1.01. The van der Waals surface area contributed by atoms with Crippen LogP contribution in [-0.4, -0.2) is 6.29 Å². The highest BCUT2D eigenvalue weighted by molar-refractivity contribution is 5.54. The van der Waals surface area contributed by atoms with Crippen molar-refractivity contribution in [3.63, 3.8) is 0 Å². The van der Waals surface area contributed by atoms with Crippen LogP contribution in [0.5, 0.6) is 0 Å². The van der Waals surface area contributed by atoms with Gasteiger partial charge in [-0.1, -0.05) is 42.8 Å². The molecule has 0 aliphatic carbocycles. The van der Waals surface area contributed by atoms with Crippen LogP contribution in [0.1, 0.15) is 12.5 Å². The minimum atomic E-state index is 0.0115. The fraction of sp³-hybridized carbons (Fsp3) is 0.300. The van der Waals surface area contributed by atoms with Gasteiger partial charge in [0.1, 0.15) is 0 Å². The predicted octanol–water partition coefficient (Wildman–Crippen LogP) is 1.97. The smallest absolute Gasteiger partial charge is 0.0495 e. The molecule has 0 radical (unpaired) electrons. The van der Waals surface area contributed by atoms with Gasteiger partial charge in [0.15, 0.2) is 0 Å². The van der Waals surface area contributed by atoms with Crippen molar-refractivity contribution in [2.75, 3.05) is 0 Å². The average Bonchev–Trinajstić information content (AvgIpc) is 2.06. The molecule has 1 atom stereocenters. The lowest BCUT2D eigenvalue weighted by Crippen LogP contribution is -1.99. The molecule has 0 aliphatic rings. The van der Waals surface area contributed by atoms with Gasteiger partial charge in [-0.3, -0.25) is 6.29 Å². The molecule has 0 heterocycles. The van der Waals surface area contributed by atoms with Crippen LogP contribution in [0.25, 0.3) is 0 Å². The van der Waals surface area contributed by atoms with E-state index >= 15 is 0 Å². The Hall–Kier alpha value is -1.11. The highest BCUT2D eigenvalue weighted by Crippen LogP contribution is 2.05. The van der Waals surface area contributed by atoms with Crippen molar-refractivity contribution in [1.29, 1.82) is 0 Å². The lowest BCUT2D eigenvalue weighted by molar-refractivity contribution is 0.528. The van der Waals surface area contributed by atoms with Crippen molar-refractivity contribution in [3.8, 4) is 0 Å². The van der Waals surface area contributed by atoms with Gasteiger partial charge in [-0.05, 0) is 6.42 Å². The molecule has 1 heteroatoms. The standard InChI is InChI=1S/C10H11O/c1-9(8-11)7-10-5-3-2-4-6-10/h2-6,9H,7H2,1H3/q-1. The van der Waals surface area contributed by atoms with Gasteiger partial charge >= 0.3 is 0 Å². The van der Waals surface area contributed by atoms with Gasteiger partial charge in [-0.15, -0.1) is 5.92 Å². The highest BCUT2D eigenvalue weighted by atomic mass is 16.1. The van der Waals surface area contributed by atoms with E-state index in [-0.39, 0.29) is 5.92 Å². The molecule has 0 amide bonds. The van der Waals surface area contributed by atoms with Crippen molar-refractivity contribution in [1.82, 2.24) is 0 Å². The third-order valence-electron chi connectivity index (χ3n) is 1.59. The zero-order valence-corrected chi connectivity index (χ0v) is 6.58. The average molecular weight is 147 g/mol. The maximum atomic E-state index is 10.2. The topological polar surface area (TPSA) is 17.1 Å². The van der Waals surface area contributed by atoms with E-state index in [1.54, 1.807) is 0 Å². The van der Waals surface area contributed by atoms with E-state index in [9.17, 15) is 4.79 Å². The summed E-state index contributed by atoms with van der Waals surface area (Å²) in [6.45, 7) is 1.88. The number of benzene rings is 1. The minimum Gasteiger partial charge on any atom is -0.542 e. The first-order valence-corrected chi connectivity index (χ1v) is 3.74. The van der Waals surface area contributed by atoms with Crippen LogP contribution >= 0.6 is 0 Å². The van der Waals surface area contributed by atoms with E-state index in [0.29, 0.717) is 0 Å². The number of carbonyl (C=O) groups excluding carboxylic acids is 1. The Morgan fingerprint density at radius 1 is 1.36 bits per heavy atom. The highest BCUT2D eigenvalue weighted by Gasteiger charge is 1.91. The van der Waals surface area contributed by atoms with Crippen LogP contribution in [0.3, 0.4) is 0 Å². The maximum Gasteiger partial charge on any atom is -0.0495 e. The van der Waals surface area contributed by atoms with E-state index in [2.05, 4.69) is 0 Å². The second-order valence-corrected chi connectivity index (χ2v) is 2.71. The normalized spacial score (nSPS) is 12.5. The summed E-state index contributed by atoms with van der Waals surface area (Å²) in [7, 11) is 0. The summed E-state index contributed by atoms with van der Waals surface area (Å²) in [5.41, 5.74) is 1.20. The molecule has 11 heavy (non-hydrogen) atoms. The van der Waals surface area contributed by atoms with Crippen molar-refractivity contribution in [2.45, 2.75) is 13.3 Å². The lowest BCUT2D eigenvalue weighted by atomic mass is 10.0. The number of hydrogen-bond donors (Lipinski definition) is 0. The van der Waals surface area contributed by atoms with Gasteiger partial charge in [-0.25, -0.2) is 0 Å². The minimum absolute atomic E-state index is 0.0115. The SMILES string of the molecule is CC([C-]=O)Cc1ccccc1. The molecule has 58 valence electrons. The van der Waals surface area contributed by atoms with Gasteiger partial charge in [0.2, 0.25) is 0 Å². The maximum absolute atomic E-state index is 10.2. The largest absolute Gasteiger partial charge is 0.542 e. The zero-order chi connectivity index (χ0) is 8.10. The van der Waals surface area contributed by atoms with Crippen LogP contribution in [0, 0.1) is 5.92 Å². The molecular formula is C10H11O-. The first kappa shape index (κ1) is 7.99. The quantitative estimate of drug-likeness (QED) is 0.597. The second kappa shape index (κ2) is 3.91. The monoisotopic (exact) mass is 147 g/mol. The summed E-state index contributed by atoms with van der Waals surface area (Å²) in [5.74, 6) is 0.0115. The molecule has 0 fully saturated rings. The molecule has 1 nitrogen and oxygen atoms in total. The molecule has 0 saturated carbocycles. The molecular weight excluding hydrogens is 136 g/mol. The lowest BCUT2D eigenvalue weighted by Gasteiger charge is -2.10. The first-order valence-electron chi connectivity index (χ1n) is 3.74. The molecule has 1 aromatic rings. The summed E-state index contributed by atoms with van der Waals surface area (Å²) in [4.78, 5) is 10.2. The molecule has 0 aliphatic heterocycles. The molecule has 0 spiro atoms. The molecule has 0 aromatic heterocycles. The fourth-order valence-electron chi connectivity index (χ4n) is 1.01. The summed E-state index contributed by atoms with van der Waals surface area (Å²) < 4.78 is 0. The van der Waals surface area contributed by atoms with E-state index < -0.39 is 0 Å². The van der Waals surface area contributed by atoms with Crippen LogP contribution in [0.15, 0.2) is 30.3 Å². The van der Waals surface area contributed by atoms with E-state index in [4.69, 9.17) is 0 Å². The Balaban J connectivity index is 2.57. The van der Waals surface area contributed by atoms with Crippen LogP contribution in [-0.2, 0) is 11.2 Å². The summed E-state index contributed by atoms with van der Waals surface area (Å²) in [5, 5.41) is 0. The van der Waals surface area contributed by atoms with Crippen LogP contribution in [0.2, 0.25) is 0 Å². The number of rotatable bonds is 3. The third kappa shape index (κ3) is 2.54. The van der Waals surface area contributed by atoms with Gasteiger partial charge in [0.05, 0.1) is 0 Å². The van der Waals surface area contributed by atoms with Crippen molar-refractivity contribution in [3.05, 3.63) is 35.9 Å².